The van der Waals surface area contributed by atoms with Crippen LogP contribution >= 0.6 is 11.6 Å². The van der Waals surface area contributed by atoms with E-state index in [1.165, 1.54) is 19.2 Å². The minimum absolute atomic E-state index is 0.0862. The average Bonchev–Trinajstić information content (AvgIpc) is 2.69. The van der Waals surface area contributed by atoms with E-state index >= 15 is 0 Å². The molecule has 6 nitrogen and oxygen atoms in total. The van der Waals surface area contributed by atoms with Crippen LogP contribution < -0.4 is 20.1 Å². The van der Waals surface area contributed by atoms with Crippen LogP contribution in [-0.2, 0) is 6.54 Å². The van der Waals surface area contributed by atoms with Crippen molar-refractivity contribution in [3.05, 3.63) is 77.3 Å². The number of rotatable bonds is 6. The Bertz CT molecular complexity index is 970. The molecule has 2 amide bonds. The van der Waals surface area contributed by atoms with Crippen LogP contribution in [0.2, 0.25) is 5.02 Å². The fraction of sp³-hybridized carbons (Fsp3) is 0.100. The molecule has 0 spiro atoms. The first kappa shape index (κ1) is 19.4. The van der Waals surface area contributed by atoms with Crippen LogP contribution in [0.4, 0.5) is 14.9 Å². The Kier molecular flexibility index (Phi) is 6.29. The zero-order valence-corrected chi connectivity index (χ0v) is 15.7. The fourth-order valence-electron chi connectivity index (χ4n) is 2.40. The number of nitrogens with zero attached hydrogens (tertiary/aromatic N) is 1. The SMILES string of the molecule is COc1ccc(Cl)cc1NC(=O)NCc1ccc(Oc2ccncc2)c(F)c1. The van der Waals surface area contributed by atoms with Gasteiger partial charge in [0, 0.05) is 24.0 Å². The van der Waals surface area contributed by atoms with Crippen LogP contribution in [0, 0.1) is 5.82 Å². The highest BCUT2D eigenvalue weighted by atomic mass is 35.5. The number of amides is 2. The van der Waals surface area contributed by atoms with Gasteiger partial charge in [0.25, 0.3) is 0 Å². The first-order valence-electron chi connectivity index (χ1n) is 8.30. The Morgan fingerprint density at radius 3 is 2.57 bits per heavy atom. The van der Waals surface area contributed by atoms with Crippen LogP contribution in [0.25, 0.3) is 0 Å². The molecule has 0 atom stereocenters. The molecule has 0 saturated carbocycles. The van der Waals surface area contributed by atoms with Gasteiger partial charge >= 0.3 is 6.03 Å². The molecule has 0 fully saturated rings. The van der Waals surface area contributed by atoms with Crippen molar-refractivity contribution in [3.8, 4) is 17.2 Å². The van der Waals surface area contributed by atoms with Gasteiger partial charge in [-0.25, -0.2) is 9.18 Å². The topological polar surface area (TPSA) is 72.5 Å². The number of hydrogen-bond donors (Lipinski definition) is 2. The number of halogens is 2. The summed E-state index contributed by atoms with van der Waals surface area (Å²) in [7, 11) is 1.49. The van der Waals surface area contributed by atoms with Crippen LogP contribution in [0.1, 0.15) is 5.56 Å². The van der Waals surface area contributed by atoms with E-state index in [1.807, 2.05) is 0 Å². The summed E-state index contributed by atoms with van der Waals surface area (Å²) >= 11 is 5.94. The minimum Gasteiger partial charge on any atom is -0.495 e. The Balaban J connectivity index is 1.59. The van der Waals surface area contributed by atoms with E-state index in [-0.39, 0.29) is 12.3 Å². The fourth-order valence-corrected chi connectivity index (χ4v) is 2.57. The lowest BCUT2D eigenvalue weighted by atomic mass is 10.2. The van der Waals surface area contributed by atoms with E-state index < -0.39 is 11.8 Å². The maximum absolute atomic E-state index is 14.3. The number of aromatic nitrogens is 1. The number of anilines is 1. The van der Waals surface area contributed by atoms with Crippen molar-refractivity contribution >= 4 is 23.3 Å². The smallest absolute Gasteiger partial charge is 0.319 e. The summed E-state index contributed by atoms with van der Waals surface area (Å²) in [6.45, 7) is 0.126. The molecule has 1 aromatic heterocycles. The maximum Gasteiger partial charge on any atom is 0.319 e. The van der Waals surface area contributed by atoms with Gasteiger partial charge < -0.3 is 20.1 Å². The monoisotopic (exact) mass is 401 g/mol. The zero-order chi connectivity index (χ0) is 19.9. The number of hydrogen-bond acceptors (Lipinski definition) is 4. The van der Waals surface area contributed by atoms with Crippen molar-refractivity contribution < 1.29 is 18.7 Å². The normalized spacial score (nSPS) is 10.2. The van der Waals surface area contributed by atoms with Crippen molar-refractivity contribution in [2.45, 2.75) is 6.54 Å². The van der Waals surface area contributed by atoms with Gasteiger partial charge in [-0.15, -0.1) is 0 Å². The molecule has 0 radical (unpaired) electrons. The highest BCUT2D eigenvalue weighted by Crippen LogP contribution is 2.28. The second-order valence-electron chi connectivity index (χ2n) is 5.70. The summed E-state index contributed by atoms with van der Waals surface area (Å²) in [6, 6.07) is 12.1. The summed E-state index contributed by atoms with van der Waals surface area (Å²) in [5, 5.41) is 5.76. The number of methoxy groups -OCH3 is 1. The van der Waals surface area contributed by atoms with Gasteiger partial charge in [-0.1, -0.05) is 17.7 Å². The number of carbonyl (C=O) groups is 1. The maximum atomic E-state index is 14.3. The lowest BCUT2D eigenvalue weighted by Gasteiger charge is -2.12. The molecule has 0 aliphatic carbocycles. The lowest BCUT2D eigenvalue weighted by molar-refractivity contribution is 0.251. The van der Waals surface area contributed by atoms with Crippen LogP contribution in [0.3, 0.4) is 0 Å². The Labute approximate surface area is 166 Å². The lowest BCUT2D eigenvalue weighted by Crippen LogP contribution is -2.28. The second kappa shape index (κ2) is 9.05. The third-order valence-corrected chi connectivity index (χ3v) is 3.97. The third kappa shape index (κ3) is 5.11. The first-order chi connectivity index (χ1) is 13.5. The molecule has 8 heteroatoms. The van der Waals surface area contributed by atoms with Crippen molar-refractivity contribution in [2.75, 3.05) is 12.4 Å². The van der Waals surface area contributed by atoms with Gasteiger partial charge in [-0.2, -0.15) is 0 Å². The van der Waals surface area contributed by atoms with Gasteiger partial charge in [0.1, 0.15) is 11.5 Å². The van der Waals surface area contributed by atoms with E-state index in [0.717, 1.165) is 0 Å². The van der Waals surface area contributed by atoms with Gasteiger partial charge in [0.2, 0.25) is 0 Å². The zero-order valence-electron chi connectivity index (χ0n) is 14.9. The van der Waals surface area contributed by atoms with Crippen molar-refractivity contribution in [2.24, 2.45) is 0 Å². The molecule has 0 aliphatic heterocycles. The number of carbonyl (C=O) groups excluding carboxylic acids is 1. The van der Waals surface area contributed by atoms with Crippen molar-refractivity contribution in [1.82, 2.24) is 10.3 Å². The molecule has 3 rings (SSSR count). The summed E-state index contributed by atoms with van der Waals surface area (Å²) in [5.74, 6) is 0.508. The highest BCUT2D eigenvalue weighted by molar-refractivity contribution is 6.31. The van der Waals surface area contributed by atoms with Crippen LogP contribution in [-0.4, -0.2) is 18.1 Å². The quantitative estimate of drug-likeness (QED) is 0.610. The second-order valence-corrected chi connectivity index (χ2v) is 6.14. The summed E-state index contributed by atoms with van der Waals surface area (Å²) in [6.07, 6.45) is 3.11. The van der Waals surface area contributed by atoms with E-state index in [0.29, 0.717) is 27.8 Å². The standard InChI is InChI=1S/C20H17ClFN3O3/c1-27-19-5-3-14(21)11-17(19)25-20(26)24-12-13-2-4-18(16(22)10-13)28-15-6-8-23-9-7-15/h2-11H,12H2,1H3,(H2,24,25,26). The minimum atomic E-state index is -0.534. The molecule has 0 aliphatic rings. The third-order valence-electron chi connectivity index (χ3n) is 3.74. The number of nitrogens with one attached hydrogen (secondary N) is 2. The van der Waals surface area contributed by atoms with Crippen LogP contribution in [0.5, 0.6) is 17.2 Å². The van der Waals surface area contributed by atoms with E-state index in [9.17, 15) is 9.18 Å². The predicted octanol–water partition coefficient (Wildman–Crippen LogP) is 5.00. The van der Waals surface area contributed by atoms with Gasteiger partial charge in [0.15, 0.2) is 11.6 Å². The van der Waals surface area contributed by atoms with E-state index in [4.69, 9.17) is 21.1 Å². The Morgan fingerprint density at radius 2 is 1.86 bits per heavy atom. The molecule has 144 valence electrons. The van der Waals surface area contributed by atoms with Crippen molar-refractivity contribution in [3.63, 3.8) is 0 Å². The molecule has 2 N–H and O–H groups in total. The molecule has 1 heterocycles. The average molecular weight is 402 g/mol. The highest BCUT2D eigenvalue weighted by Gasteiger charge is 2.10. The van der Waals surface area contributed by atoms with E-state index in [1.54, 1.807) is 48.8 Å². The Hall–Kier alpha value is -3.32. The Morgan fingerprint density at radius 1 is 1.11 bits per heavy atom. The molecule has 3 aromatic rings. The molecule has 28 heavy (non-hydrogen) atoms. The molecular formula is C20H17ClFN3O3. The van der Waals surface area contributed by atoms with Crippen molar-refractivity contribution in [1.29, 1.82) is 0 Å². The first-order valence-corrected chi connectivity index (χ1v) is 8.67. The van der Waals surface area contributed by atoms with Gasteiger partial charge in [-0.05, 0) is 48.0 Å². The van der Waals surface area contributed by atoms with Gasteiger partial charge in [-0.3, -0.25) is 4.98 Å². The molecule has 0 bridgehead atoms. The largest absolute Gasteiger partial charge is 0.495 e. The number of benzene rings is 2. The van der Waals surface area contributed by atoms with Crippen LogP contribution in [0.15, 0.2) is 60.9 Å². The van der Waals surface area contributed by atoms with Gasteiger partial charge in [0.05, 0.1) is 12.8 Å². The summed E-state index contributed by atoms with van der Waals surface area (Å²) in [5.41, 5.74) is 1.01. The summed E-state index contributed by atoms with van der Waals surface area (Å²) < 4.78 is 24.9. The number of urea groups is 1. The summed E-state index contributed by atoms with van der Waals surface area (Å²) in [4.78, 5) is 16.0. The van der Waals surface area contributed by atoms with E-state index in [2.05, 4.69) is 15.6 Å². The molecule has 2 aromatic carbocycles. The molecule has 0 saturated heterocycles. The predicted molar refractivity (Wildman–Crippen MR) is 105 cm³/mol. The number of pyridine rings is 1. The number of ether oxygens (including phenoxy) is 2. The molecular weight excluding hydrogens is 385 g/mol. The molecule has 0 unspecified atom stereocenters.